The molecule has 1 aliphatic heterocycles. The van der Waals surface area contributed by atoms with Gasteiger partial charge in [-0.05, 0) is 67.8 Å². The Morgan fingerprint density at radius 1 is 0.914 bits per heavy atom. The fourth-order valence-corrected chi connectivity index (χ4v) is 3.76. The molecule has 3 aromatic carbocycles. The zero-order valence-electron chi connectivity index (χ0n) is 20.0. The molecule has 178 valence electrons. The minimum Gasteiger partial charge on any atom is -0.497 e. The highest BCUT2D eigenvalue weighted by Gasteiger charge is 2.37. The number of hydrogen-bond acceptors (Lipinski definition) is 5. The van der Waals surface area contributed by atoms with Crippen LogP contribution in [0.1, 0.15) is 27.8 Å². The molecular formula is C28H26N2O5. The van der Waals surface area contributed by atoms with E-state index in [4.69, 9.17) is 9.47 Å². The summed E-state index contributed by atoms with van der Waals surface area (Å²) < 4.78 is 11.4. The number of rotatable bonds is 6. The number of nitrogens with zero attached hydrogens (tertiary/aromatic N) is 1. The van der Waals surface area contributed by atoms with E-state index in [1.165, 1.54) is 6.08 Å². The molecule has 0 aliphatic carbocycles. The third-order valence-electron chi connectivity index (χ3n) is 5.85. The Bertz CT molecular complexity index is 1360. The van der Waals surface area contributed by atoms with Crippen LogP contribution >= 0.6 is 0 Å². The highest BCUT2D eigenvalue weighted by atomic mass is 16.5. The minimum absolute atomic E-state index is 0.173. The second kappa shape index (κ2) is 9.85. The van der Waals surface area contributed by atoms with Crippen molar-refractivity contribution in [2.75, 3.05) is 12.0 Å². The first-order valence-corrected chi connectivity index (χ1v) is 11.1. The number of hydrogen-bond donors (Lipinski definition) is 1. The lowest BCUT2D eigenvalue weighted by molar-refractivity contribution is -0.122. The second-order valence-corrected chi connectivity index (χ2v) is 8.41. The molecule has 0 atom stereocenters. The van der Waals surface area contributed by atoms with Crippen molar-refractivity contribution in [1.82, 2.24) is 5.32 Å². The molecule has 0 spiro atoms. The Balaban J connectivity index is 1.69. The summed E-state index contributed by atoms with van der Waals surface area (Å²) in [5.41, 5.74) is 4.76. The molecule has 4 rings (SSSR count). The largest absolute Gasteiger partial charge is 0.497 e. The molecule has 0 bridgehead atoms. The summed E-state index contributed by atoms with van der Waals surface area (Å²) in [4.78, 5) is 39.5. The first-order valence-electron chi connectivity index (χ1n) is 11.1. The van der Waals surface area contributed by atoms with Crippen LogP contribution in [0.3, 0.4) is 0 Å². The summed E-state index contributed by atoms with van der Waals surface area (Å²) in [5, 5.41) is 2.26. The number of urea groups is 1. The number of methoxy groups -OCH3 is 1. The number of carbonyl (C=O) groups excluding carboxylic acids is 3. The number of aryl methyl sites for hydroxylation is 3. The molecule has 4 amide bonds. The highest BCUT2D eigenvalue weighted by Crippen LogP contribution is 2.30. The van der Waals surface area contributed by atoms with Gasteiger partial charge in [0.1, 0.15) is 23.7 Å². The van der Waals surface area contributed by atoms with Gasteiger partial charge in [-0.25, -0.2) is 9.69 Å². The van der Waals surface area contributed by atoms with E-state index < -0.39 is 17.8 Å². The number of ether oxygens (including phenoxy) is 2. The van der Waals surface area contributed by atoms with Crippen LogP contribution < -0.4 is 19.7 Å². The van der Waals surface area contributed by atoms with Gasteiger partial charge in [0, 0.05) is 11.6 Å². The monoisotopic (exact) mass is 470 g/mol. The maximum absolute atomic E-state index is 13.3. The van der Waals surface area contributed by atoms with Crippen molar-refractivity contribution in [3.05, 3.63) is 94.1 Å². The fourth-order valence-electron chi connectivity index (χ4n) is 3.76. The van der Waals surface area contributed by atoms with Gasteiger partial charge in [0.2, 0.25) is 0 Å². The molecule has 7 nitrogen and oxygen atoms in total. The van der Waals surface area contributed by atoms with Gasteiger partial charge in [-0.15, -0.1) is 0 Å². The maximum Gasteiger partial charge on any atom is 0.335 e. The van der Waals surface area contributed by atoms with E-state index >= 15 is 0 Å². The van der Waals surface area contributed by atoms with E-state index in [0.29, 0.717) is 29.4 Å². The Hall–Kier alpha value is -4.39. The zero-order chi connectivity index (χ0) is 25.1. The number of barbiturate groups is 1. The van der Waals surface area contributed by atoms with Crippen molar-refractivity contribution in [2.24, 2.45) is 0 Å². The normalized spacial score (nSPS) is 14.8. The second-order valence-electron chi connectivity index (χ2n) is 8.41. The van der Waals surface area contributed by atoms with Gasteiger partial charge in [-0.1, -0.05) is 35.9 Å². The zero-order valence-corrected chi connectivity index (χ0v) is 20.0. The van der Waals surface area contributed by atoms with Crippen LogP contribution in [0.25, 0.3) is 6.08 Å². The molecule has 7 heteroatoms. The number of carbonyl (C=O) groups is 3. The molecule has 0 radical (unpaired) electrons. The summed E-state index contributed by atoms with van der Waals surface area (Å²) in [5.74, 6) is -0.464. The van der Waals surface area contributed by atoms with Crippen molar-refractivity contribution in [3.8, 4) is 11.5 Å². The Morgan fingerprint density at radius 3 is 2.43 bits per heavy atom. The van der Waals surface area contributed by atoms with E-state index in [-0.39, 0.29) is 5.57 Å². The van der Waals surface area contributed by atoms with Crippen molar-refractivity contribution >= 4 is 29.6 Å². The topological polar surface area (TPSA) is 84.9 Å². The summed E-state index contributed by atoms with van der Waals surface area (Å²) in [6.45, 7) is 6.12. The number of amides is 4. The lowest BCUT2D eigenvalue weighted by Gasteiger charge is -2.27. The molecule has 0 saturated carbocycles. The van der Waals surface area contributed by atoms with Crippen LogP contribution in [0.15, 0.2) is 66.2 Å². The van der Waals surface area contributed by atoms with E-state index in [1.807, 2.05) is 51.1 Å². The smallest absolute Gasteiger partial charge is 0.335 e. The molecule has 0 unspecified atom stereocenters. The summed E-state index contributed by atoms with van der Waals surface area (Å²) in [7, 11) is 1.54. The van der Waals surface area contributed by atoms with E-state index in [2.05, 4.69) is 5.32 Å². The van der Waals surface area contributed by atoms with Crippen molar-refractivity contribution in [2.45, 2.75) is 27.4 Å². The van der Waals surface area contributed by atoms with Gasteiger partial charge < -0.3 is 9.47 Å². The van der Waals surface area contributed by atoms with E-state index in [1.54, 1.807) is 37.4 Å². The number of anilines is 1. The summed E-state index contributed by atoms with van der Waals surface area (Å²) in [6.07, 6.45) is 1.43. The number of benzene rings is 3. The quantitative estimate of drug-likeness (QED) is 0.411. The van der Waals surface area contributed by atoms with Crippen molar-refractivity contribution in [3.63, 3.8) is 0 Å². The predicted molar refractivity (Wildman–Crippen MR) is 133 cm³/mol. The van der Waals surface area contributed by atoms with Crippen LogP contribution in [0.4, 0.5) is 10.5 Å². The lowest BCUT2D eigenvalue weighted by atomic mass is 10.0. The average molecular weight is 471 g/mol. The molecule has 1 aliphatic rings. The fraction of sp³-hybridized carbons (Fsp3) is 0.179. The number of nitrogens with one attached hydrogen (secondary N) is 1. The average Bonchev–Trinajstić information content (AvgIpc) is 2.83. The third kappa shape index (κ3) is 5.09. The number of imide groups is 2. The Labute approximate surface area is 204 Å². The van der Waals surface area contributed by atoms with Crippen LogP contribution in [0.2, 0.25) is 0 Å². The van der Waals surface area contributed by atoms with Gasteiger partial charge in [0.05, 0.1) is 12.8 Å². The van der Waals surface area contributed by atoms with Crippen LogP contribution in [-0.2, 0) is 16.2 Å². The van der Waals surface area contributed by atoms with Crippen LogP contribution in [0, 0.1) is 20.8 Å². The van der Waals surface area contributed by atoms with Gasteiger partial charge in [0.15, 0.2) is 0 Å². The standard InChI is InChI=1S/C28H26N2O5/c1-17-6-5-7-20(12-17)16-35-25-15-23(34-4)11-9-21(25)14-24-26(31)29-28(33)30(27(24)32)22-10-8-18(2)19(3)13-22/h5-15H,16H2,1-4H3,(H,29,31,33)/b24-14+. The molecule has 1 N–H and O–H groups in total. The van der Waals surface area contributed by atoms with Gasteiger partial charge in [-0.2, -0.15) is 0 Å². The minimum atomic E-state index is -0.786. The summed E-state index contributed by atoms with van der Waals surface area (Å²) in [6, 6.07) is 17.5. The maximum atomic E-state index is 13.3. The molecule has 35 heavy (non-hydrogen) atoms. The van der Waals surface area contributed by atoms with Crippen molar-refractivity contribution < 1.29 is 23.9 Å². The lowest BCUT2D eigenvalue weighted by Crippen LogP contribution is -2.54. The SMILES string of the molecule is COc1ccc(/C=C2\C(=O)NC(=O)N(c3ccc(C)c(C)c3)C2=O)c(OCc2cccc(C)c2)c1. The first-order chi connectivity index (χ1) is 16.8. The van der Waals surface area contributed by atoms with Gasteiger partial charge in [0.25, 0.3) is 11.8 Å². The molecule has 1 fully saturated rings. The summed E-state index contributed by atoms with van der Waals surface area (Å²) >= 11 is 0. The first kappa shape index (κ1) is 23.8. The Morgan fingerprint density at radius 2 is 1.71 bits per heavy atom. The highest BCUT2D eigenvalue weighted by molar-refractivity contribution is 6.39. The van der Waals surface area contributed by atoms with Crippen molar-refractivity contribution in [1.29, 1.82) is 0 Å². The van der Waals surface area contributed by atoms with Crippen LogP contribution in [0.5, 0.6) is 11.5 Å². The molecule has 1 saturated heterocycles. The van der Waals surface area contributed by atoms with Crippen LogP contribution in [-0.4, -0.2) is 25.0 Å². The molecule has 1 heterocycles. The van der Waals surface area contributed by atoms with E-state index in [9.17, 15) is 14.4 Å². The molecular weight excluding hydrogens is 444 g/mol. The van der Waals surface area contributed by atoms with Gasteiger partial charge >= 0.3 is 6.03 Å². The predicted octanol–water partition coefficient (Wildman–Crippen LogP) is 4.87. The van der Waals surface area contributed by atoms with E-state index in [0.717, 1.165) is 27.2 Å². The Kier molecular flexibility index (Phi) is 6.68. The molecule has 3 aromatic rings. The third-order valence-corrected chi connectivity index (χ3v) is 5.85. The van der Waals surface area contributed by atoms with Gasteiger partial charge in [-0.3, -0.25) is 14.9 Å². The molecule has 0 aromatic heterocycles.